The number of amides is 2. The van der Waals surface area contributed by atoms with E-state index in [-0.39, 0.29) is 17.6 Å². The summed E-state index contributed by atoms with van der Waals surface area (Å²) in [5.74, 6) is -2.37. The van der Waals surface area contributed by atoms with E-state index in [0.717, 1.165) is 11.1 Å². The summed E-state index contributed by atoms with van der Waals surface area (Å²) in [6.45, 7) is 2.45. The summed E-state index contributed by atoms with van der Waals surface area (Å²) < 4.78 is 13.2. The highest BCUT2D eigenvalue weighted by atomic mass is 19.1. The highest BCUT2D eigenvalue weighted by molar-refractivity contribution is 6.08. The number of aryl methyl sites for hydroxylation is 1. The van der Waals surface area contributed by atoms with Crippen LogP contribution >= 0.6 is 0 Å². The number of aromatic nitrogens is 1. The normalized spacial score (nSPS) is 20.3. The Morgan fingerprint density at radius 3 is 2.62 bits per heavy atom. The van der Waals surface area contributed by atoms with Crippen molar-refractivity contribution in [3.8, 4) is 0 Å². The predicted molar refractivity (Wildman–Crippen MR) is 87.9 cm³/mol. The van der Waals surface area contributed by atoms with Crippen molar-refractivity contribution in [2.24, 2.45) is 5.92 Å². The molecule has 2 heterocycles. The number of hydrogen-bond acceptors (Lipinski definition) is 3. The van der Waals surface area contributed by atoms with E-state index in [2.05, 4.69) is 10.3 Å². The number of carbonyl (C=O) groups excluding carboxylic acids is 2. The maximum Gasteiger partial charge on any atom is 0.238 e. The number of nitrogens with zero attached hydrogens (tertiary/aromatic N) is 2. The Hall–Kier alpha value is -2.76. The van der Waals surface area contributed by atoms with Crippen molar-refractivity contribution >= 4 is 17.6 Å². The Kier molecular flexibility index (Phi) is 4.29. The summed E-state index contributed by atoms with van der Waals surface area (Å²) in [7, 11) is 1.68. The van der Waals surface area contributed by atoms with Crippen molar-refractivity contribution in [2.75, 3.05) is 18.9 Å². The molecule has 1 aromatic carbocycles. The second kappa shape index (κ2) is 6.39. The highest BCUT2D eigenvalue weighted by Crippen LogP contribution is 2.34. The number of likely N-dealkylation sites (N-methyl/N-ethyl adjacent to an activating group) is 1. The molecule has 2 atom stereocenters. The van der Waals surface area contributed by atoms with Gasteiger partial charge in [0.15, 0.2) is 0 Å². The lowest BCUT2D eigenvalue weighted by Gasteiger charge is -2.17. The van der Waals surface area contributed by atoms with Crippen LogP contribution in [0.2, 0.25) is 0 Å². The molecule has 0 unspecified atom stereocenters. The maximum absolute atomic E-state index is 13.2. The molecule has 2 amide bonds. The fraction of sp³-hybridized carbons (Fsp3) is 0.278. The summed E-state index contributed by atoms with van der Waals surface area (Å²) >= 11 is 0. The molecule has 6 heteroatoms. The second-order valence-corrected chi connectivity index (χ2v) is 6.05. The van der Waals surface area contributed by atoms with Crippen LogP contribution in [0.4, 0.5) is 10.2 Å². The van der Waals surface area contributed by atoms with Crippen molar-refractivity contribution in [1.82, 2.24) is 9.88 Å². The van der Waals surface area contributed by atoms with E-state index in [1.807, 2.05) is 31.2 Å². The molecular weight excluding hydrogens is 309 g/mol. The van der Waals surface area contributed by atoms with Gasteiger partial charge < -0.3 is 10.2 Å². The SMILES string of the molecule is Cc1ccc([C@H]2CN(C)C(=O)[C@@H]2C(=O)Nc2cccc(F)n2)cc1. The average molecular weight is 327 g/mol. The number of benzene rings is 1. The van der Waals surface area contributed by atoms with Gasteiger partial charge in [0, 0.05) is 19.5 Å². The summed E-state index contributed by atoms with van der Waals surface area (Å²) in [5, 5.41) is 2.55. The van der Waals surface area contributed by atoms with E-state index in [1.165, 1.54) is 18.2 Å². The van der Waals surface area contributed by atoms with Gasteiger partial charge in [-0.05, 0) is 24.6 Å². The van der Waals surface area contributed by atoms with Gasteiger partial charge in [0.25, 0.3) is 0 Å². The molecule has 124 valence electrons. The monoisotopic (exact) mass is 327 g/mol. The van der Waals surface area contributed by atoms with Crippen LogP contribution in [0, 0.1) is 18.8 Å². The highest BCUT2D eigenvalue weighted by Gasteiger charge is 2.44. The van der Waals surface area contributed by atoms with E-state index < -0.39 is 17.8 Å². The molecule has 1 aromatic heterocycles. The maximum atomic E-state index is 13.2. The Labute approximate surface area is 139 Å². The van der Waals surface area contributed by atoms with Gasteiger partial charge in [0.05, 0.1) is 0 Å². The van der Waals surface area contributed by atoms with Crippen molar-refractivity contribution in [2.45, 2.75) is 12.8 Å². The zero-order chi connectivity index (χ0) is 17.3. The van der Waals surface area contributed by atoms with Crippen molar-refractivity contribution in [1.29, 1.82) is 0 Å². The third-order valence-electron chi connectivity index (χ3n) is 4.27. The summed E-state index contributed by atoms with van der Waals surface area (Å²) in [6, 6.07) is 11.9. The molecule has 1 saturated heterocycles. The number of anilines is 1. The van der Waals surface area contributed by atoms with Crippen LogP contribution < -0.4 is 5.32 Å². The minimum atomic E-state index is -0.845. The first-order chi connectivity index (χ1) is 11.5. The quantitative estimate of drug-likeness (QED) is 0.695. The molecule has 0 bridgehead atoms. The van der Waals surface area contributed by atoms with Crippen molar-refractivity contribution < 1.29 is 14.0 Å². The van der Waals surface area contributed by atoms with Crippen LogP contribution in [0.15, 0.2) is 42.5 Å². The molecule has 0 spiro atoms. The molecule has 1 fully saturated rings. The van der Waals surface area contributed by atoms with Crippen LogP contribution in [-0.4, -0.2) is 35.3 Å². The van der Waals surface area contributed by atoms with Gasteiger partial charge in [0.1, 0.15) is 11.7 Å². The molecular formula is C18H18FN3O2. The van der Waals surface area contributed by atoms with E-state index in [1.54, 1.807) is 11.9 Å². The average Bonchev–Trinajstić information content (AvgIpc) is 2.83. The van der Waals surface area contributed by atoms with Crippen molar-refractivity contribution in [3.63, 3.8) is 0 Å². The molecule has 3 rings (SSSR count). The molecule has 2 aromatic rings. The summed E-state index contributed by atoms with van der Waals surface area (Å²) in [4.78, 5) is 30.2. The van der Waals surface area contributed by atoms with Crippen LogP contribution in [0.1, 0.15) is 17.0 Å². The zero-order valence-corrected chi connectivity index (χ0v) is 13.5. The third-order valence-corrected chi connectivity index (χ3v) is 4.27. The zero-order valence-electron chi connectivity index (χ0n) is 13.5. The first kappa shape index (κ1) is 16.1. The summed E-state index contributed by atoms with van der Waals surface area (Å²) in [6.07, 6.45) is 0. The lowest BCUT2D eigenvalue weighted by molar-refractivity contribution is -0.135. The Morgan fingerprint density at radius 2 is 1.96 bits per heavy atom. The van der Waals surface area contributed by atoms with Gasteiger partial charge in [0.2, 0.25) is 17.8 Å². The van der Waals surface area contributed by atoms with Gasteiger partial charge in [-0.2, -0.15) is 4.39 Å². The van der Waals surface area contributed by atoms with Crippen molar-refractivity contribution in [3.05, 3.63) is 59.5 Å². The molecule has 1 N–H and O–H groups in total. The van der Waals surface area contributed by atoms with Crippen LogP contribution in [0.3, 0.4) is 0 Å². The second-order valence-electron chi connectivity index (χ2n) is 6.05. The van der Waals surface area contributed by atoms with E-state index in [9.17, 15) is 14.0 Å². The van der Waals surface area contributed by atoms with E-state index >= 15 is 0 Å². The molecule has 5 nitrogen and oxygen atoms in total. The van der Waals surface area contributed by atoms with Gasteiger partial charge in [-0.15, -0.1) is 0 Å². The molecule has 0 saturated carbocycles. The number of likely N-dealkylation sites (tertiary alicyclic amines) is 1. The number of hydrogen-bond donors (Lipinski definition) is 1. The lowest BCUT2D eigenvalue weighted by atomic mass is 9.87. The van der Waals surface area contributed by atoms with Gasteiger partial charge in [-0.3, -0.25) is 9.59 Å². The fourth-order valence-corrected chi connectivity index (χ4v) is 2.99. The van der Waals surface area contributed by atoms with Gasteiger partial charge >= 0.3 is 0 Å². The summed E-state index contributed by atoms with van der Waals surface area (Å²) in [5.41, 5.74) is 2.05. The van der Waals surface area contributed by atoms with E-state index in [4.69, 9.17) is 0 Å². The first-order valence-electron chi connectivity index (χ1n) is 7.70. The first-order valence-corrected chi connectivity index (χ1v) is 7.70. The Bertz CT molecular complexity index is 776. The minimum Gasteiger partial charge on any atom is -0.344 e. The van der Waals surface area contributed by atoms with Crippen LogP contribution in [0.25, 0.3) is 0 Å². The number of pyridine rings is 1. The predicted octanol–water partition coefficient (Wildman–Crippen LogP) is 2.34. The molecule has 0 radical (unpaired) electrons. The Balaban J connectivity index is 1.86. The van der Waals surface area contributed by atoms with Crippen LogP contribution in [0.5, 0.6) is 0 Å². The lowest BCUT2D eigenvalue weighted by Crippen LogP contribution is -2.33. The fourth-order valence-electron chi connectivity index (χ4n) is 2.99. The topological polar surface area (TPSA) is 62.3 Å². The minimum absolute atomic E-state index is 0.102. The molecule has 24 heavy (non-hydrogen) atoms. The smallest absolute Gasteiger partial charge is 0.238 e. The van der Waals surface area contributed by atoms with Gasteiger partial charge in [-0.25, -0.2) is 4.98 Å². The number of nitrogens with one attached hydrogen (secondary N) is 1. The van der Waals surface area contributed by atoms with Gasteiger partial charge in [-0.1, -0.05) is 35.9 Å². The number of halogens is 1. The number of rotatable bonds is 3. The third kappa shape index (κ3) is 3.13. The molecule has 1 aliphatic heterocycles. The largest absolute Gasteiger partial charge is 0.344 e. The van der Waals surface area contributed by atoms with Crippen LogP contribution in [-0.2, 0) is 9.59 Å². The molecule has 0 aliphatic carbocycles. The molecule has 1 aliphatic rings. The Morgan fingerprint density at radius 1 is 1.25 bits per heavy atom. The standard InChI is InChI=1S/C18H18FN3O2/c1-11-6-8-12(9-7-11)13-10-22(2)18(24)16(13)17(23)21-15-5-3-4-14(19)20-15/h3-9,13,16H,10H2,1-2H3,(H,20,21,23)/t13-,16+/m1/s1. The van der Waals surface area contributed by atoms with E-state index in [0.29, 0.717) is 6.54 Å². The number of carbonyl (C=O) groups is 2.